The monoisotopic (exact) mass is 630 g/mol. The molecule has 0 saturated carbocycles. The molecule has 10 aromatic rings. The molecule has 0 spiro atoms. The number of hydrogen-bond donors (Lipinski definition) is 0. The lowest BCUT2D eigenvalue weighted by atomic mass is 9.86. The van der Waals surface area contributed by atoms with Crippen LogP contribution in [0.15, 0.2) is 182 Å². The zero-order valence-corrected chi connectivity index (χ0v) is 27.3. The Morgan fingerprint density at radius 3 is 0.860 bits per heavy atom. The van der Waals surface area contributed by atoms with E-state index in [1.807, 2.05) is 0 Å². The molecule has 0 heteroatoms. The number of hydrogen-bond acceptors (Lipinski definition) is 0. The fourth-order valence-corrected chi connectivity index (χ4v) is 7.96. The van der Waals surface area contributed by atoms with Crippen molar-refractivity contribution in [3.63, 3.8) is 0 Å². The van der Waals surface area contributed by atoms with Gasteiger partial charge in [-0.2, -0.15) is 0 Å². The molecule has 10 aromatic carbocycles. The van der Waals surface area contributed by atoms with E-state index in [0.717, 1.165) is 11.1 Å². The van der Waals surface area contributed by atoms with Crippen molar-refractivity contribution >= 4 is 64.6 Å². The minimum Gasteiger partial charge on any atom is -0.0616 e. The van der Waals surface area contributed by atoms with Crippen LogP contribution in [0, 0.1) is 11.8 Å². The summed E-state index contributed by atoms with van der Waals surface area (Å²) in [5.41, 5.74) is 7.07. The van der Waals surface area contributed by atoms with E-state index in [1.54, 1.807) is 0 Å². The SMILES string of the molecule is C(#Cc1c2ccccc2c(-c2ccc3ccccc3c2)c2ccccc12)c1c2ccccc2c(-c2ccc3ccccc3c2)c2ccccc12. The quantitative estimate of drug-likeness (QED) is 0.132. The Labute approximate surface area is 290 Å². The summed E-state index contributed by atoms with van der Waals surface area (Å²) in [6.45, 7) is 0. The molecule has 0 aliphatic carbocycles. The minimum absolute atomic E-state index is 1.06. The van der Waals surface area contributed by atoms with Gasteiger partial charge < -0.3 is 0 Å². The molecule has 0 aliphatic heterocycles. The van der Waals surface area contributed by atoms with Gasteiger partial charge in [0.05, 0.1) is 0 Å². The van der Waals surface area contributed by atoms with Crippen molar-refractivity contribution in [1.82, 2.24) is 0 Å². The Balaban J connectivity index is 1.24. The van der Waals surface area contributed by atoms with Crippen LogP contribution < -0.4 is 0 Å². The Morgan fingerprint density at radius 1 is 0.240 bits per heavy atom. The van der Waals surface area contributed by atoms with Gasteiger partial charge in [-0.05, 0) is 99.0 Å². The Morgan fingerprint density at radius 2 is 0.520 bits per heavy atom. The lowest BCUT2D eigenvalue weighted by Gasteiger charge is -2.16. The van der Waals surface area contributed by atoms with Gasteiger partial charge in [-0.1, -0.05) is 182 Å². The molecule has 10 rings (SSSR count). The van der Waals surface area contributed by atoms with E-state index >= 15 is 0 Å². The number of fused-ring (bicyclic) bond motifs is 6. The molecular formula is C50H30. The van der Waals surface area contributed by atoms with Gasteiger partial charge in [0.2, 0.25) is 0 Å². The minimum atomic E-state index is 1.06. The fraction of sp³-hybridized carbons (Fsp3) is 0. The molecule has 0 amide bonds. The van der Waals surface area contributed by atoms with Crippen molar-refractivity contribution in [2.45, 2.75) is 0 Å². The van der Waals surface area contributed by atoms with Crippen LogP contribution in [0.1, 0.15) is 11.1 Å². The lowest BCUT2D eigenvalue weighted by molar-refractivity contribution is 1.68. The third kappa shape index (κ3) is 4.49. The molecule has 230 valence electrons. The standard InChI is InChI=1S/C50H30/c1-3-15-35-31-37(27-25-33(35)13-1)49-45-21-9-5-17-39(45)43(40-18-6-10-22-46(40)49)29-30-44-41-19-7-11-23-47(41)50(48-24-12-8-20-42(44)48)38-28-26-34-14-2-4-16-36(34)32-38/h1-28,31-32H. The Kier molecular flexibility index (Phi) is 6.51. The van der Waals surface area contributed by atoms with E-state index in [-0.39, 0.29) is 0 Å². The van der Waals surface area contributed by atoms with Crippen LogP contribution in [0.5, 0.6) is 0 Å². The zero-order valence-electron chi connectivity index (χ0n) is 27.3. The van der Waals surface area contributed by atoms with E-state index in [1.165, 1.54) is 86.9 Å². The van der Waals surface area contributed by atoms with E-state index < -0.39 is 0 Å². The summed E-state index contributed by atoms with van der Waals surface area (Å²) < 4.78 is 0. The molecule has 50 heavy (non-hydrogen) atoms. The van der Waals surface area contributed by atoms with E-state index in [4.69, 9.17) is 0 Å². The normalized spacial score (nSPS) is 11.4. The summed E-state index contributed by atoms with van der Waals surface area (Å²) in [6.07, 6.45) is 0. The van der Waals surface area contributed by atoms with Crippen molar-refractivity contribution in [3.8, 4) is 34.1 Å². The van der Waals surface area contributed by atoms with Gasteiger partial charge in [0.15, 0.2) is 0 Å². The van der Waals surface area contributed by atoms with Gasteiger partial charge >= 0.3 is 0 Å². The first kappa shape index (κ1) is 28.3. The van der Waals surface area contributed by atoms with Crippen LogP contribution in [0.3, 0.4) is 0 Å². The predicted molar refractivity (Wildman–Crippen MR) is 215 cm³/mol. The second-order valence-corrected chi connectivity index (χ2v) is 13.1. The second kappa shape index (κ2) is 11.5. The van der Waals surface area contributed by atoms with Crippen molar-refractivity contribution < 1.29 is 0 Å². The van der Waals surface area contributed by atoms with Gasteiger partial charge in [0.25, 0.3) is 0 Å². The first-order valence-electron chi connectivity index (χ1n) is 17.2. The molecule has 0 aliphatic rings. The van der Waals surface area contributed by atoms with Crippen LogP contribution >= 0.6 is 0 Å². The highest BCUT2D eigenvalue weighted by molar-refractivity contribution is 6.19. The molecule has 0 bridgehead atoms. The van der Waals surface area contributed by atoms with Crippen LogP contribution in [-0.2, 0) is 0 Å². The molecule has 0 saturated heterocycles. The summed E-state index contributed by atoms with van der Waals surface area (Å²) in [4.78, 5) is 0. The van der Waals surface area contributed by atoms with Crippen molar-refractivity contribution in [2.24, 2.45) is 0 Å². The Bertz CT molecular complexity index is 2720. The van der Waals surface area contributed by atoms with Gasteiger partial charge in [0, 0.05) is 11.1 Å². The largest absolute Gasteiger partial charge is 0.0616 e. The number of benzene rings is 10. The van der Waals surface area contributed by atoms with Gasteiger partial charge in [0.1, 0.15) is 0 Å². The predicted octanol–water partition coefficient (Wildman–Crippen LogP) is 13.3. The summed E-state index contributed by atoms with van der Waals surface area (Å²) in [5, 5.41) is 14.5. The maximum absolute atomic E-state index is 3.77. The zero-order chi connectivity index (χ0) is 33.0. The van der Waals surface area contributed by atoms with Crippen LogP contribution in [0.4, 0.5) is 0 Å². The van der Waals surface area contributed by atoms with E-state index in [0.29, 0.717) is 0 Å². The molecule has 0 N–H and O–H groups in total. The third-order valence-corrected chi connectivity index (χ3v) is 10.3. The highest BCUT2D eigenvalue weighted by atomic mass is 14.2. The maximum Gasteiger partial charge on any atom is 0.0406 e. The molecule has 0 unspecified atom stereocenters. The fourth-order valence-electron chi connectivity index (χ4n) is 7.96. The lowest BCUT2D eigenvalue weighted by Crippen LogP contribution is -1.92. The molecular weight excluding hydrogens is 601 g/mol. The first-order chi connectivity index (χ1) is 24.8. The Hall–Kier alpha value is -6.68. The average Bonchev–Trinajstić information content (AvgIpc) is 3.18. The molecule has 0 fully saturated rings. The average molecular weight is 631 g/mol. The molecule has 0 nitrogen and oxygen atoms in total. The summed E-state index contributed by atoms with van der Waals surface area (Å²) >= 11 is 0. The van der Waals surface area contributed by atoms with Gasteiger partial charge in [-0.3, -0.25) is 0 Å². The summed E-state index contributed by atoms with van der Waals surface area (Å²) in [7, 11) is 0. The molecule has 0 radical (unpaired) electrons. The third-order valence-electron chi connectivity index (χ3n) is 10.3. The highest BCUT2D eigenvalue weighted by Crippen LogP contribution is 2.42. The molecule has 0 atom stereocenters. The molecule has 0 aromatic heterocycles. The van der Waals surface area contributed by atoms with Crippen LogP contribution in [0.2, 0.25) is 0 Å². The van der Waals surface area contributed by atoms with E-state index in [2.05, 4.69) is 194 Å². The summed E-state index contributed by atoms with van der Waals surface area (Å²) in [5.74, 6) is 7.55. The van der Waals surface area contributed by atoms with Crippen molar-refractivity contribution in [1.29, 1.82) is 0 Å². The van der Waals surface area contributed by atoms with E-state index in [9.17, 15) is 0 Å². The second-order valence-electron chi connectivity index (χ2n) is 13.1. The highest BCUT2D eigenvalue weighted by Gasteiger charge is 2.17. The maximum atomic E-state index is 3.77. The topological polar surface area (TPSA) is 0 Å². The first-order valence-corrected chi connectivity index (χ1v) is 17.2. The summed E-state index contributed by atoms with van der Waals surface area (Å²) in [6, 6.07) is 65.9. The smallest absolute Gasteiger partial charge is 0.0406 e. The molecule has 0 heterocycles. The van der Waals surface area contributed by atoms with Crippen LogP contribution in [-0.4, -0.2) is 0 Å². The van der Waals surface area contributed by atoms with Crippen molar-refractivity contribution in [2.75, 3.05) is 0 Å². The van der Waals surface area contributed by atoms with Crippen LogP contribution in [0.25, 0.3) is 86.9 Å². The van der Waals surface area contributed by atoms with Crippen molar-refractivity contribution in [3.05, 3.63) is 193 Å². The van der Waals surface area contributed by atoms with Gasteiger partial charge in [-0.15, -0.1) is 0 Å². The number of rotatable bonds is 2. The van der Waals surface area contributed by atoms with Gasteiger partial charge in [-0.25, -0.2) is 0 Å².